The van der Waals surface area contributed by atoms with Crippen molar-refractivity contribution in [1.82, 2.24) is 0 Å². The second-order valence-electron chi connectivity index (χ2n) is 6.05. The lowest BCUT2D eigenvalue weighted by molar-refractivity contribution is 0.291. The van der Waals surface area contributed by atoms with E-state index in [0.717, 1.165) is 32.7 Å². The van der Waals surface area contributed by atoms with Gasteiger partial charge in [0.25, 0.3) is 0 Å². The highest BCUT2D eigenvalue weighted by Gasteiger charge is 2.20. The van der Waals surface area contributed by atoms with Gasteiger partial charge in [-0.3, -0.25) is 0 Å². The Labute approximate surface area is 146 Å². The van der Waals surface area contributed by atoms with Crippen molar-refractivity contribution in [3.8, 4) is 16.9 Å². The van der Waals surface area contributed by atoms with E-state index in [1.54, 1.807) is 0 Å². The molecule has 0 aliphatic carbocycles. The van der Waals surface area contributed by atoms with Crippen molar-refractivity contribution in [2.24, 2.45) is 0 Å². The summed E-state index contributed by atoms with van der Waals surface area (Å²) in [6, 6.07) is 24.1. The molecule has 0 heterocycles. The molecular weight excluding hydrogens is 311 g/mol. The van der Waals surface area contributed by atoms with E-state index in [2.05, 4.69) is 19.1 Å². The van der Waals surface area contributed by atoms with E-state index < -0.39 is 7.32 Å². The first-order valence-electron chi connectivity index (χ1n) is 8.19. The number of fused-ring (bicyclic) bond motifs is 2. The molecule has 25 heavy (non-hydrogen) atoms. The standard InChI is InChI=1S/C21H17BO3/c1-14-8-2-3-9-15(14)20-16-10-4-6-12-18(16)21(25-22(23)24)19-13-7-5-11-17(19)20/h2-13,23-24H,1H3. The topological polar surface area (TPSA) is 49.7 Å². The van der Waals surface area contributed by atoms with Crippen molar-refractivity contribution >= 4 is 28.9 Å². The first-order chi connectivity index (χ1) is 12.2. The van der Waals surface area contributed by atoms with E-state index >= 15 is 0 Å². The van der Waals surface area contributed by atoms with Crippen molar-refractivity contribution in [1.29, 1.82) is 0 Å². The third-order valence-electron chi connectivity index (χ3n) is 4.52. The van der Waals surface area contributed by atoms with Crippen molar-refractivity contribution in [2.45, 2.75) is 6.92 Å². The van der Waals surface area contributed by atoms with Gasteiger partial charge in [-0.15, -0.1) is 0 Å². The molecule has 2 N–H and O–H groups in total. The van der Waals surface area contributed by atoms with Crippen LogP contribution in [0.4, 0.5) is 0 Å². The molecule has 0 aliphatic rings. The minimum atomic E-state index is -1.86. The molecule has 4 heteroatoms. The van der Waals surface area contributed by atoms with Gasteiger partial charge in [0.15, 0.2) is 0 Å². The molecule has 0 bridgehead atoms. The van der Waals surface area contributed by atoms with Gasteiger partial charge in [-0.1, -0.05) is 72.8 Å². The van der Waals surface area contributed by atoms with Crippen molar-refractivity contribution in [2.75, 3.05) is 0 Å². The fraction of sp³-hybridized carbons (Fsp3) is 0.0476. The van der Waals surface area contributed by atoms with Crippen LogP contribution in [0.25, 0.3) is 32.7 Å². The molecule has 0 aromatic heterocycles. The van der Waals surface area contributed by atoms with Crippen LogP contribution in [0.3, 0.4) is 0 Å². The van der Waals surface area contributed by atoms with Gasteiger partial charge < -0.3 is 14.7 Å². The Bertz CT molecular complexity index is 1020. The molecule has 0 aliphatic heterocycles. The maximum absolute atomic E-state index is 9.39. The van der Waals surface area contributed by atoms with Gasteiger partial charge in [0.1, 0.15) is 5.75 Å². The maximum atomic E-state index is 9.39. The van der Waals surface area contributed by atoms with E-state index in [4.69, 9.17) is 4.65 Å². The number of hydrogen-bond acceptors (Lipinski definition) is 3. The number of hydrogen-bond donors (Lipinski definition) is 2. The third-order valence-corrected chi connectivity index (χ3v) is 4.52. The van der Waals surface area contributed by atoms with Crippen LogP contribution in [0.15, 0.2) is 72.8 Å². The minimum absolute atomic E-state index is 0.485. The fourth-order valence-electron chi connectivity index (χ4n) is 3.46. The molecule has 0 atom stereocenters. The maximum Gasteiger partial charge on any atom is 0.707 e. The van der Waals surface area contributed by atoms with Crippen molar-refractivity contribution in [3.63, 3.8) is 0 Å². The van der Waals surface area contributed by atoms with Gasteiger partial charge in [-0.25, -0.2) is 0 Å². The van der Waals surface area contributed by atoms with Crippen LogP contribution in [-0.4, -0.2) is 17.4 Å². The summed E-state index contributed by atoms with van der Waals surface area (Å²) in [5, 5.41) is 22.5. The summed E-state index contributed by atoms with van der Waals surface area (Å²) in [6.07, 6.45) is 0. The summed E-state index contributed by atoms with van der Waals surface area (Å²) in [4.78, 5) is 0. The Kier molecular flexibility index (Phi) is 3.92. The molecule has 0 spiro atoms. The Morgan fingerprint density at radius 2 is 1.16 bits per heavy atom. The molecule has 4 aromatic rings. The van der Waals surface area contributed by atoms with Crippen LogP contribution in [0.2, 0.25) is 0 Å². The van der Waals surface area contributed by atoms with E-state index in [9.17, 15) is 10.0 Å². The first-order valence-corrected chi connectivity index (χ1v) is 8.19. The molecule has 3 nitrogen and oxygen atoms in total. The molecule has 122 valence electrons. The summed E-state index contributed by atoms with van der Waals surface area (Å²) in [5.41, 5.74) is 3.48. The van der Waals surface area contributed by atoms with Crippen LogP contribution in [0.5, 0.6) is 5.75 Å². The first kappa shape index (κ1) is 15.7. The minimum Gasteiger partial charge on any atom is -0.511 e. The molecule has 0 fully saturated rings. The zero-order valence-corrected chi connectivity index (χ0v) is 13.8. The zero-order valence-electron chi connectivity index (χ0n) is 13.8. The Balaban J connectivity index is 2.21. The van der Waals surface area contributed by atoms with E-state index in [-0.39, 0.29) is 0 Å². The predicted octanol–water partition coefficient (Wildman–Crippen LogP) is 4.32. The van der Waals surface area contributed by atoms with Crippen LogP contribution in [-0.2, 0) is 0 Å². The second-order valence-corrected chi connectivity index (χ2v) is 6.05. The quantitative estimate of drug-likeness (QED) is 0.435. The van der Waals surface area contributed by atoms with Gasteiger partial charge in [-0.05, 0) is 34.4 Å². The third kappa shape index (κ3) is 2.66. The molecule has 4 rings (SSSR count). The largest absolute Gasteiger partial charge is 0.707 e. The SMILES string of the molecule is Cc1ccccc1-c1c2ccccc2c(OB(O)O)c2ccccc12. The fourth-order valence-corrected chi connectivity index (χ4v) is 3.46. The lowest BCUT2D eigenvalue weighted by Crippen LogP contribution is -2.21. The Morgan fingerprint density at radius 1 is 0.680 bits per heavy atom. The Morgan fingerprint density at radius 3 is 1.68 bits per heavy atom. The van der Waals surface area contributed by atoms with Crippen molar-refractivity contribution in [3.05, 3.63) is 78.4 Å². The molecular formula is C21H17BO3. The lowest BCUT2D eigenvalue weighted by atomic mass is 9.89. The monoisotopic (exact) mass is 328 g/mol. The van der Waals surface area contributed by atoms with Gasteiger partial charge in [-0.2, -0.15) is 0 Å². The van der Waals surface area contributed by atoms with E-state index in [1.165, 1.54) is 5.56 Å². The molecule has 0 unspecified atom stereocenters. The smallest absolute Gasteiger partial charge is 0.511 e. The molecule has 0 saturated carbocycles. The predicted molar refractivity (Wildman–Crippen MR) is 102 cm³/mol. The summed E-state index contributed by atoms with van der Waals surface area (Å²) in [5.74, 6) is 0.485. The number of benzene rings is 4. The average molecular weight is 328 g/mol. The van der Waals surface area contributed by atoms with Crippen LogP contribution in [0.1, 0.15) is 5.56 Å². The molecule has 0 radical (unpaired) electrons. The second kappa shape index (κ2) is 6.24. The highest BCUT2D eigenvalue weighted by Crippen LogP contribution is 2.43. The highest BCUT2D eigenvalue weighted by atomic mass is 16.6. The van der Waals surface area contributed by atoms with Crippen LogP contribution < -0.4 is 4.65 Å². The summed E-state index contributed by atoms with van der Waals surface area (Å²) in [7, 11) is -1.86. The number of aryl methyl sites for hydroxylation is 1. The zero-order chi connectivity index (χ0) is 17.4. The summed E-state index contributed by atoms with van der Waals surface area (Å²) >= 11 is 0. The van der Waals surface area contributed by atoms with E-state index in [0.29, 0.717) is 5.75 Å². The molecule has 4 aromatic carbocycles. The van der Waals surface area contributed by atoms with Gasteiger partial charge >= 0.3 is 7.32 Å². The van der Waals surface area contributed by atoms with Crippen molar-refractivity contribution < 1.29 is 14.7 Å². The summed E-state index contributed by atoms with van der Waals surface area (Å²) in [6.45, 7) is 2.10. The average Bonchev–Trinajstić information content (AvgIpc) is 2.62. The molecule has 0 amide bonds. The highest BCUT2D eigenvalue weighted by molar-refractivity contribution is 6.35. The van der Waals surface area contributed by atoms with Gasteiger partial charge in [0.2, 0.25) is 0 Å². The van der Waals surface area contributed by atoms with E-state index in [1.807, 2.05) is 60.7 Å². The Hall–Kier alpha value is -2.82. The van der Waals surface area contributed by atoms with Gasteiger partial charge in [0, 0.05) is 10.8 Å². The van der Waals surface area contributed by atoms with Crippen LogP contribution in [0, 0.1) is 6.92 Å². The normalized spacial score (nSPS) is 11.0. The number of rotatable bonds is 3. The van der Waals surface area contributed by atoms with Crippen LogP contribution >= 0.6 is 0 Å². The molecule has 0 saturated heterocycles. The lowest BCUT2D eigenvalue weighted by Gasteiger charge is -2.18. The van der Waals surface area contributed by atoms with Gasteiger partial charge in [0.05, 0.1) is 0 Å². The summed E-state index contributed by atoms with van der Waals surface area (Å²) < 4.78 is 5.37.